The van der Waals surface area contributed by atoms with E-state index in [4.69, 9.17) is 4.52 Å². The molecule has 0 aliphatic carbocycles. The lowest BCUT2D eigenvalue weighted by Gasteiger charge is -2.17. The molecule has 146 valence electrons. The fourth-order valence-corrected chi connectivity index (χ4v) is 2.64. The van der Waals surface area contributed by atoms with Crippen LogP contribution in [0.1, 0.15) is 36.3 Å². The van der Waals surface area contributed by atoms with E-state index in [0.29, 0.717) is 18.7 Å². The van der Waals surface area contributed by atoms with Crippen LogP contribution in [0.2, 0.25) is 0 Å². The number of nitrogens with one attached hydrogen (secondary N) is 2. The summed E-state index contributed by atoms with van der Waals surface area (Å²) in [6, 6.07) is 7.52. The summed E-state index contributed by atoms with van der Waals surface area (Å²) < 4.78 is 44.9. The molecule has 2 aromatic carbocycles. The smallest absolute Gasteiger partial charge is 0.329 e. The number of nitrogens with zero attached hydrogens (tertiary/aromatic N) is 2. The molecule has 1 atom stereocenters. The van der Waals surface area contributed by atoms with Crippen LogP contribution in [0.4, 0.5) is 24.0 Å². The average molecular weight is 390 g/mol. The Morgan fingerprint density at radius 2 is 1.82 bits per heavy atom. The first kappa shape index (κ1) is 19.4. The first-order valence-corrected chi connectivity index (χ1v) is 8.54. The predicted molar refractivity (Wildman–Crippen MR) is 95.0 cm³/mol. The standard InChI is InChI=1S/C19H17F3N4O2/c1-2-16(14-8-7-13(21)10-15(14)22)23-18(27)25-19-24-17(26-28-19)9-11-3-5-12(20)6-4-11/h3-8,10,16H,2,9H2,1H3,(H2,23,24,25,26,27). The number of rotatable bonds is 6. The van der Waals surface area contributed by atoms with Crippen molar-refractivity contribution in [3.63, 3.8) is 0 Å². The third kappa shape index (κ3) is 4.87. The minimum absolute atomic E-state index is 0.135. The van der Waals surface area contributed by atoms with Crippen LogP contribution in [-0.4, -0.2) is 16.2 Å². The highest BCUT2D eigenvalue weighted by Gasteiger charge is 2.18. The zero-order valence-corrected chi connectivity index (χ0v) is 14.9. The van der Waals surface area contributed by atoms with Crippen molar-refractivity contribution in [1.29, 1.82) is 0 Å². The number of aromatic nitrogens is 2. The van der Waals surface area contributed by atoms with E-state index in [1.807, 2.05) is 0 Å². The van der Waals surface area contributed by atoms with E-state index in [0.717, 1.165) is 17.7 Å². The molecular weight excluding hydrogens is 373 g/mol. The zero-order valence-electron chi connectivity index (χ0n) is 14.9. The van der Waals surface area contributed by atoms with Crippen LogP contribution in [0.15, 0.2) is 47.0 Å². The number of benzene rings is 2. The lowest BCUT2D eigenvalue weighted by Crippen LogP contribution is -2.32. The van der Waals surface area contributed by atoms with Crippen molar-refractivity contribution in [2.75, 3.05) is 5.32 Å². The van der Waals surface area contributed by atoms with Crippen molar-refractivity contribution < 1.29 is 22.5 Å². The Kier molecular flexibility index (Phi) is 5.93. The van der Waals surface area contributed by atoms with Crippen molar-refractivity contribution in [1.82, 2.24) is 15.5 Å². The largest absolute Gasteiger partial charge is 0.331 e. The fraction of sp³-hybridized carbons (Fsp3) is 0.211. The van der Waals surface area contributed by atoms with Crippen LogP contribution >= 0.6 is 0 Å². The molecule has 3 aromatic rings. The van der Waals surface area contributed by atoms with Gasteiger partial charge in [-0.3, -0.25) is 5.32 Å². The van der Waals surface area contributed by atoms with Crippen molar-refractivity contribution in [3.8, 4) is 0 Å². The van der Waals surface area contributed by atoms with Gasteiger partial charge in [0.05, 0.1) is 6.04 Å². The third-order valence-electron chi connectivity index (χ3n) is 4.02. The number of anilines is 1. The topological polar surface area (TPSA) is 80.0 Å². The van der Waals surface area contributed by atoms with Crippen LogP contribution in [0.5, 0.6) is 0 Å². The number of amides is 2. The molecule has 0 aliphatic rings. The van der Waals surface area contributed by atoms with E-state index >= 15 is 0 Å². The van der Waals surface area contributed by atoms with Gasteiger partial charge in [-0.15, -0.1) is 0 Å². The second kappa shape index (κ2) is 8.55. The monoisotopic (exact) mass is 390 g/mol. The Hall–Kier alpha value is -3.36. The zero-order chi connectivity index (χ0) is 20.1. The Balaban J connectivity index is 1.61. The van der Waals surface area contributed by atoms with Gasteiger partial charge >= 0.3 is 12.0 Å². The summed E-state index contributed by atoms with van der Waals surface area (Å²) in [7, 11) is 0. The second-order valence-electron chi connectivity index (χ2n) is 6.04. The van der Waals surface area contributed by atoms with Crippen LogP contribution in [0.3, 0.4) is 0 Å². The molecule has 0 aliphatic heterocycles. The first-order chi connectivity index (χ1) is 13.4. The van der Waals surface area contributed by atoms with Gasteiger partial charge in [-0.25, -0.2) is 18.0 Å². The minimum Gasteiger partial charge on any atom is -0.331 e. The molecule has 6 nitrogen and oxygen atoms in total. The van der Waals surface area contributed by atoms with E-state index in [1.54, 1.807) is 19.1 Å². The summed E-state index contributed by atoms with van der Waals surface area (Å²) in [6.07, 6.45) is 0.682. The van der Waals surface area contributed by atoms with E-state index in [9.17, 15) is 18.0 Å². The lowest BCUT2D eigenvalue weighted by atomic mass is 10.0. The van der Waals surface area contributed by atoms with Gasteiger partial charge in [-0.1, -0.05) is 30.3 Å². The molecule has 0 fully saturated rings. The molecule has 1 unspecified atom stereocenters. The molecule has 2 amide bonds. The van der Waals surface area contributed by atoms with Gasteiger partial charge in [0.2, 0.25) is 0 Å². The van der Waals surface area contributed by atoms with Crippen LogP contribution in [0, 0.1) is 17.5 Å². The van der Waals surface area contributed by atoms with Gasteiger partial charge in [0.1, 0.15) is 17.5 Å². The molecule has 0 bridgehead atoms. The summed E-state index contributed by atoms with van der Waals surface area (Å²) >= 11 is 0. The highest BCUT2D eigenvalue weighted by molar-refractivity contribution is 5.87. The molecule has 3 rings (SSSR count). The summed E-state index contributed by atoms with van der Waals surface area (Å²) in [4.78, 5) is 16.2. The molecular formula is C19H17F3N4O2. The van der Waals surface area contributed by atoms with Crippen molar-refractivity contribution >= 4 is 12.0 Å². The Labute approximate surface area is 158 Å². The summed E-state index contributed by atoms with van der Waals surface area (Å²) in [5, 5.41) is 8.69. The van der Waals surface area contributed by atoms with E-state index in [-0.39, 0.29) is 17.4 Å². The molecule has 28 heavy (non-hydrogen) atoms. The Morgan fingerprint density at radius 3 is 2.50 bits per heavy atom. The molecule has 1 aromatic heterocycles. The molecule has 2 N–H and O–H groups in total. The molecule has 0 saturated carbocycles. The fourth-order valence-electron chi connectivity index (χ4n) is 2.64. The SMILES string of the molecule is CCC(NC(=O)Nc1nc(Cc2ccc(F)cc2)no1)c1ccc(F)cc1F. The van der Waals surface area contributed by atoms with Gasteiger partial charge in [-0.2, -0.15) is 4.98 Å². The van der Waals surface area contributed by atoms with Gasteiger partial charge in [0.15, 0.2) is 5.82 Å². The lowest BCUT2D eigenvalue weighted by molar-refractivity contribution is 0.247. The number of carbonyl (C=O) groups excluding carboxylic acids is 1. The first-order valence-electron chi connectivity index (χ1n) is 8.54. The van der Waals surface area contributed by atoms with Crippen molar-refractivity contribution in [2.24, 2.45) is 0 Å². The van der Waals surface area contributed by atoms with Crippen molar-refractivity contribution in [3.05, 3.63) is 76.9 Å². The van der Waals surface area contributed by atoms with Gasteiger partial charge < -0.3 is 9.84 Å². The second-order valence-corrected chi connectivity index (χ2v) is 6.04. The van der Waals surface area contributed by atoms with Crippen LogP contribution in [-0.2, 0) is 6.42 Å². The molecule has 0 spiro atoms. The molecule has 1 heterocycles. The number of urea groups is 1. The van der Waals surface area contributed by atoms with Gasteiger partial charge in [0.25, 0.3) is 0 Å². The minimum atomic E-state index is -0.744. The summed E-state index contributed by atoms with van der Waals surface area (Å²) in [5.41, 5.74) is 0.942. The molecule has 0 saturated heterocycles. The molecule has 9 heteroatoms. The normalized spacial score (nSPS) is 11.9. The molecule has 0 radical (unpaired) electrons. The van der Waals surface area contributed by atoms with Crippen LogP contribution < -0.4 is 10.6 Å². The quantitative estimate of drug-likeness (QED) is 0.656. The Morgan fingerprint density at radius 1 is 1.11 bits per heavy atom. The van der Waals surface area contributed by atoms with E-state index < -0.39 is 23.7 Å². The van der Waals surface area contributed by atoms with Crippen molar-refractivity contribution in [2.45, 2.75) is 25.8 Å². The van der Waals surface area contributed by atoms with E-state index in [1.165, 1.54) is 18.2 Å². The maximum Gasteiger partial charge on any atom is 0.329 e. The highest BCUT2D eigenvalue weighted by atomic mass is 19.1. The Bertz CT molecular complexity index is 960. The van der Waals surface area contributed by atoms with Crippen LogP contribution in [0.25, 0.3) is 0 Å². The van der Waals surface area contributed by atoms with E-state index in [2.05, 4.69) is 20.8 Å². The number of hydrogen-bond acceptors (Lipinski definition) is 4. The third-order valence-corrected chi connectivity index (χ3v) is 4.02. The highest BCUT2D eigenvalue weighted by Crippen LogP contribution is 2.21. The number of carbonyl (C=O) groups is 1. The maximum absolute atomic E-state index is 13.9. The average Bonchev–Trinajstić information content (AvgIpc) is 3.09. The number of hydrogen-bond donors (Lipinski definition) is 2. The van der Waals surface area contributed by atoms with Gasteiger partial charge in [0, 0.05) is 18.1 Å². The number of halogens is 3. The maximum atomic E-state index is 13.9. The predicted octanol–water partition coefficient (Wildman–Crippen LogP) is 4.35. The van der Waals surface area contributed by atoms with Gasteiger partial charge in [-0.05, 0) is 30.2 Å². The summed E-state index contributed by atoms with van der Waals surface area (Å²) in [6.45, 7) is 1.75. The summed E-state index contributed by atoms with van der Waals surface area (Å²) in [5.74, 6) is -1.48.